The van der Waals surface area contributed by atoms with Gasteiger partial charge in [-0.05, 0) is 68.7 Å². The predicted molar refractivity (Wildman–Crippen MR) is 122 cm³/mol. The molecule has 0 bridgehead atoms. The minimum atomic E-state index is -3.68. The summed E-state index contributed by atoms with van der Waals surface area (Å²) >= 11 is 1.46. The summed E-state index contributed by atoms with van der Waals surface area (Å²) in [6, 6.07) is 8.74. The summed E-state index contributed by atoms with van der Waals surface area (Å²) in [5, 5.41) is 0.727. The largest absolute Gasteiger partial charge is 0.492 e. The topological polar surface area (TPSA) is 88.6 Å². The average Bonchev–Trinajstić information content (AvgIpc) is 2.79. The second kappa shape index (κ2) is 10.5. The third-order valence-corrected chi connectivity index (χ3v) is 7.50. The number of amides is 1. The number of hydrogen-bond acceptors (Lipinski definition) is 6. The molecule has 9 heteroatoms. The Kier molecular flexibility index (Phi) is 7.96. The van der Waals surface area contributed by atoms with Crippen LogP contribution in [0.3, 0.4) is 0 Å². The number of hydrogen-bond donors (Lipinski definition) is 1. The summed E-state index contributed by atoms with van der Waals surface area (Å²) in [5.74, 6) is 0.521. The standard InChI is InChI=1S/C22H29N3O4S2/c1-4-29-19-8-7-16(2)14-20(19)31(27,28)24-15-17-9-12-25(13-10-17)22(26)18-6-5-11-23-21(18)30-3/h5-8,11,14,17,24H,4,9-10,12-13,15H2,1-3H3. The molecular formula is C22H29N3O4S2. The third kappa shape index (κ3) is 5.78. The van der Waals surface area contributed by atoms with Crippen molar-refractivity contribution in [3.8, 4) is 5.75 Å². The first-order valence-electron chi connectivity index (χ1n) is 10.4. The maximum absolute atomic E-state index is 12.9. The summed E-state index contributed by atoms with van der Waals surface area (Å²) in [5.41, 5.74) is 1.48. The molecule has 1 N–H and O–H groups in total. The normalized spacial score (nSPS) is 15.1. The Labute approximate surface area is 188 Å². The van der Waals surface area contributed by atoms with Gasteiger partial charge in [0.25, 0.3) is 5.91 Å². The highest BCUT2D eigenvalue weighted by atomic mass is 32.2. The molecule has 1 saturated heterocycles. The summed E-state index contributed by atoms with van der Waals surface area (Å²) < 4.78 is 34.0. The van der Waals surface area contributed by atoms with E-state index in [1.54, 1.807) is 30.5 Å². The summed E-state index contributed by atoms with van der Waals surface area (Å²) in [6.45, 7) is 5.61. The number of nitrogens with zero attached hydrogens (tertiary/aromatic N) is 2. The molecule has 2 aromatic rings. The number of thioether (sulfide) groups is 1. The minimum absolute atomic E-state index is 0.0161. The molecule has 1 aromatic heterocycles. The first-order valence-corrected chi connectivity index (χ1v) is 13.1. The molecule has 1 aliphatic heterocycles. The molecule has 0 unspecified atom stereocenters. The number of pyridine rings is 1. The number of carbonyl (C=O) groups excluding carboxylic acids is 1. The zero-order valence-electron chi connectivity index (χ0n) is 18.1. The summed E-state index contributed by atoms with van der Waals surface area (Å²) in [7, 11) is -3.68. The van der Waals surface area contributed by atoms with Crippen molar-refractivity contribution in [1.29, 1.82) is 0 Å². The number of nitrogens with one attached hydrogen (secondary N) is 1. The van der Waals surface area contributed by atoms with Gasteiger partial charge in [0.05, 0.1) is 12.2 Å². The zero-order valence-corrected chi connectivity index (χ0v) is 19.8. The second-order valence-electron chi connectivity index (χ2n) is 7.53. The lowest BCUT2D eigenvalue weighted by molar-refractivity contribution is 0.0687. The van der Waals surface area contributed by atoms with Crippen molar-refractivity contribution in [3.63, 3.8) is 0 Å². The number of likely N-dealkylation sites (tertiary alicyclic amines) is 1. The molecule has 1 aromatic carbocycles. The number of aryl methyl sites for hydroxylation is 1. The van der Waals surface area contributed by atoms with Gasteiger partial charge in [-0.25, -0.2) is 18.1 Å². The molecule has 0 saturated carbocycles. The van der Waals surface area contributed by atoms with Crippen molar-refractivity contribution < 1.29 is 17.9 Å². The summed E-state index contributed by atoms with van der Waals surface area (Å²) in [4.78, 5) is 19.1. The number of rotatable bonds is 8. The zero-order chi connectivity index (χ0) is 22.4. The van der Waals surface area contributed by atoms with Crippen LogP contribution in [0.4, 0.5) is 0 Å². The van der Waals surface area contributed by atoms with Crippen molar-refractivity contribution in [1.82, 2.24) is 14.6 Å². The molecule has 1 aliphatic rings. The molecule has 3 rings (SSSR count). The fourth-order valence-corrected chi connectivity index (χ4v) is 5.52. The van der Waals surface area contributed by atoms with Crippen LogP contribution in [-0.4, -0.2) is 56.7 Å². The molecular weight excluding hydrogens is 434 g/mol. The van der Waals surface area contributed by atoms with Crippen LogP contribution in [0.1, 0.15) is 35.7 Å². The lowest BCUT2D eigenvalue weighted by atomic mass is 9.97. The van der Waals surface area contributed by atoms with Crippen LogP contribution in [0.25, 0.3) is 0 Å². The number of sulfonamides is 1. The van der Waals surface area contributed by atoms with E-state index in [1.807, 2.05) is 31.1 Å². The van der Waals surface area contributed by atoms with Gasteiger partial charge in [0.2, 0.25) is 10.0 Å². The third-order valence-electron chi connectivity index (χ3n) is 5.35. The molecule has 2 heterocycles. The fourth-order valence-electron chi connectivity index (χ4n) is 3.63. The molecule has 0 aliphatic carbocycles. The molecule has 1 amide bonds. The Morgan fingerprint density at radius 1 is 1.29 bits per heavy atom. The molecule has 0 atom stereocenters. The fraction of sp³-hybridized carbons (Fsp3) is 0.455. The Morgan fingerprint density at radius 3 is 2.71 bits per heavy atom. The lowest BCUT2D eigenvalue weighted by Gasteiger charge is -2.32. The SMILES string of the molecule is CCOc1ccc(C)cc1S(=O)(=O)NCC1CCN(C(=O)c2cccnc2SC)CC1. The van der Waals surface area contributed by atoms with Crippen LogP contribution in [0.15, 0.2) is 46.5 Å². The van der Waals surface area contributed by atoms with Crippen LogP contribution < -0.4 is 9.46 Å². The van der Waals surface area contributed by atoms with Gasteiger partial charge in [0, 0.05) is 25.8 Å². The monoisotopic (exact) mass is 463 g/mol. The van der Waals surface area contributed by atoms with E-state index >= 15 is 0 Å². The minimum Gasteiger partial charge on any atom is -0.492 e. The average molecular weight is 464 g/mol. The van der Waals surface area contributed by atoms with E-state index in [2.05, 4.69) is 9.71 Å². The Hall–Kier alpha value is -2.10. The van der Waals surface area contributed by atoms with E-state index in [1.165, 1.54) is 11.8 Å². The van der Waals surface area contributed by atoms with Crippen LogP contribution in [0, 0.1) is 12.8 Å². The van der Waals surface area contributed by atoms with E-state index in [4.69, 9.17) is 4.74 Å². The first kappa shape index (κ1) is 23.6. The number of ether oxygens (including phenoxy) is 1. The number of benzene rings is 1. The van der Waals surface area contributed by atoms with Gasteiger partial charge < -0.3 is 9.64 Å². The quantitative estimate of drug-likeness (QED) is 0.604. The van der Waals surface area contributed by atoms with Crippen LogP contribution >= 0.6 is 11.8 Å². The lowest BCUT2D eigenvalue weighted by Crippen LogP contribution is -2.41. The smallest absolute Gasteiger partial charge is 0.256 e. The molecule has 31 heavy (non-hydrogen) atoms. The molecule has 7 nitrogen and oxygen atoms in total. The van der Waals surface area contributed by atoms with E-state index < -0.39 is 10.0 Å². The Morgan fingerprint density at radius 2 is 2.03 bits per heavy atom. The number of piperidine rings is 1. The molecule has 0 radical (unpaired) electrons. The Balaban J connectivity index is 1.59. The van der Waals surface area contributed by atoms with Gasteiger partial charge in [-0.3, -0.25) is 4.79 Å². The predicted octanol–water partition coefficient (Wildman–Crippen LogP) is 3.34. The van der Waals surface area contributed by atoms with E-state index in [9.17, 15) is 13.2 Å². The first-order chi connectivity index (χ1) is 14.9. The van der Waals surface area contributed by atoms with Crippen LogP contribution in [-0.2, 0) is 10.0 Å². The van der Waals surface area contributed by atoms with Gasteiger partial charge >= 0.3 is 0 Å². The van der Waals surface area contributed by atoms with Crippen LogP contribution in [0.5, 0.6) is 5.75 Å². The highest BCUT2D eigenvalue weighted by Gasteiger charge is 2.27. The van der Waals surface area contributed by atoms with Crippen molar-refractivity contribution in [3.05, 3.63) is 47.7 Å². The molecule has 1 fully saturated rings. The van der Waals surface area contributed by atoms with E-state index in [0.29, 0.717) is 37.6 Å². The van der Waals surface area contributed by atoms with Gasteiger partial charge in [0.15, 0.2) is 0 Å². The van der Waals surface area contributed by atoms with Gasteiger partial charge in [0.1, 0.15) is 15.7 Å². The van der Waals surface area contributed by atoms with Crippen molar-refractivity contribution >= 4 is 27.7 Å². The maximum atomic E-state index is 12.9. The van der Waals surface area contributed by atoms with Gasteiger partial charge in [-0.1, -0.05) is 6.07 Å². The van der Waals surface area contributed by atoms with Crippen molar-refractivity contribution in [2.45, 2.75) is 36.6 Å². The number of carbonyl (C=O) groups is 1. The summed E-state index contributed by atoms with van der Waals surface area (Å²) in [6.07, 6.45) is 5.08. The van der Waals surface area contributed by atoms with Gasteiger partial charge in [-0.15, -0.1) is 11.8 Å². The highest BCUT2D eigenvalue weighted by Crippen LogP contribution is 2.26. The second-order valence-corrected chi connectivity index (χ2v) is 10.1. The number of aromatic nitrogens is 1. The highest BCUT2D eigenvalue weighted by molar-refractivity contribution is 7.98. The maximum Gasteiger partial charge on any atom is 0.256 e. The molecule has 168 valence electrons. The van der Waals surface area contributed by atoms with E-state index in [0.717, 1.165) is 23.4 Å². The van der Waals surface area contributed by atoms with Crippen molar-refractivity contribution in [2.75, 3.05) is 32.5 Å². The van der Waals surface area contributed by atoms with Crippen molar-refractivity contribution in [2.24, 2.45) is 5.92 Å². The van der Waals surface area contributed by atoms with E-state index in [-0.39, 0.29) is 16.7 Å². The Bertz CT molecular complexity index is 1020. The van der Waals surface area contributed by atoms with Gasteiger partial charge in [-0.2, -0.15) is 0 Å². The van der Waals surface area contributed by atoms with Crippen LogP contribution in [0.2, 0.25) is 0 Å². The molecule has 0 spiro atoms.